The predicted molar refractivity (Wildman–Crippen MR) is 131 cm³/mol. The number of aromatic hydroxyl groups is 1. The van der Waals surface area contributed by atoms with E-state index in [0.29, 0.717) is 26.2 Å². The summed E-state index contributed by atoms with van der Waals surface area (Å²) in [6.07, 6.45) is -5.52. The van der Waals surface area contributed by atoms with Crippen LogP contribution in [0.25, 0.3) is 11.0 Å². The Balaban J connectivity index is 1.72. The maximum absolute atomic E-state index is 14.1. The standard InChI is InChI=1S/C26H27F3N2O7/c1-3-35-19-7-5-6-8-20(19)37-23-21(33)16-9-10-18(32)17(22(16)38-24(23)26(27,28)29)15-30-11-13-31(14-12-30)25(34)36-4-2/h5-10,32H,3-4,11-15H2,1-2H3. The molecular weight excluding hydrogens is 509 g/mol. The average molecular weight is 537 g/mol. The van der Waals surface area contributed by atoms with Gasteiger partial charge < -0.3 is 28.6 Å². The lowest BCUT2D eigenvalue weighted by Crippen LogP contribution is -2.48. The molecule has 2 heterocycles. The van der Waals surface area contributed by atoms with Crippen LogP contribution in [0.15, 0.2) is 45.6 Å². The monoisotopic (exact) mass is 536 g/mol. The molecular formula is C26H27F3N2O7. The average Bonchev–Trinajstić information content (AvgIpc) is 2.88. The number of carbonyl (C=O) groups excluding carboxylic acids is 1. The summed E-state index contributed by atoms with van der Waals surface area (Å²) in [6.45, 7) is 5.29. The SMILES string of the molecule is CCOC(=O)N1CCN(Cc2c(O)ccc3c(=O)c(Oc4ccccc4OCC)c(C(F)(F)F)oc23)CC1. The quantitative estimate of drug-likeness (QED) is 0.451. The molecule has 1 amide bonds. The third-order valence-electron chi connectivity index (χ3n) is 6.00. The molecule has 1 aromatic heterocycles. The van der Waals surface area contributed by atoms with E-state index in [2.05, 4.69) is 0 Å². The number of hydrogen-bond donors (Lipinski definition) is 1. The van der Waals surface area contributed by atoms with Crippen LogP contribution in [-0.4, -0.2) is 60.4 Å². The van der Waals surface area contributed by atoms with E-state index in [1.807, 2.05) is 4.90 Å². The van der Waals surface area contributed by atoms with Gasteiger partial charge in [-0.2, -0.15) is 13.2 Å². The lowest BCUT2D eigenvalue weighted by atomic mass is 10.1. The highest BCUT2D eigenvalue weighted by molar-refractivity contribution is 5.83. The maximum Gasteiger partial charge on any atom is 0.453 e. The second-order valence-corrected chi connectivity index (χ2v) is 8.47. The first-order valence-corrected chi connectivity index (χ1v) is 12.1. The van der Waals surface area contributed by atoms with Crippen molar-refractivity contribution in [1.29, 1.82) is 0 Å². The van der Waals surface area contributed by atoms with E-state index in [4.69, 9.17) is 18.6 Å². The minimum atomic E-state index is -5.07. The number of alkyl halides is 3. The topological polar surface area (TPSA) is 102 Å². The largest absolute Gasteiger partial charge is 0.507 e. The van der Waals surface area contributed by atoms with Crippen molar-refractivity contribution < 1.29 is 41.7 Å². The normalized spacial score (nSPS) is 14.5. The summed E-state index contributed by atoms with van der Waals surface area (Å²) in [5, 5.41) is 10.4. The number of hydrogen-bond acceptors (Lipinski definition) is 8. The zero-order valence-electron chi connectivity index (χ0n) is 20.8. The van der Waals surface area contributed by atoms with Gasteiger partial charge in [0.2, 0.25) is 11.2 Å². The fourth-order valence-corrected chi connectivity index (χ4v) is 4.16. The molecule has 4 rings (SSSR count). The van der Waals surface area contributed by atoms with Gasteiger partial charge in [-0.15, -0.1) is 0 Å². The van der Waals surface area contributed by atoms with E-state index in [1.165, 1.54) is 35.2 Å². The van der Waals surface area contributed by atoms with Crippen LogP contribution >= 0.6 is 0 Å². The Morgan fingerprint density at radius 2 is 1.71 bits per heavy atom. The van der Waals surface area contributed by atoms with Gasteiger partial charge in [-0.25, -0.2) is 4.79 Å². The molecule has 0 aliphatic carbocycles. The molecule has 1 aliphatic rings. The molecule has 1 aliphatic heterocycles. The predicted octanol–water partition coefficient (Wildman–Crippen LogP) is 4.98. The van der Waals surface area contributed by atoms with E-state index in [0.717, 1.165) is 0 Å². The number of benzene rings is 2. The van der Waals surface area contributed by atoms with Crippen molar-refractivity contribution in [2.45, 2.75) is 26.6 Å². The van der Waals surface area contributed by atoms with Gasteiger partial charge in [0.1, 0.15) is 11.3 Å². The Hall–Kier alpha value is -3.93. The van der Waals surface area contributed by atoms with E-state index >= 15 is 0 Å². The molecule has 0 atom stereocenters. The number of piperazine rings is 1. The number of fused-ring (bicyclic) bond motifs is 1. The van der Waals surface area contributed by atoms with Gasteiger partial charge in [0.25, 0.3) is 5.76 Å². The number of carbonyl (C=O) groups is 1. The number of halogens is 3. The van der Waals surface area contributed by atoms with Gasteiger partial charge >= 0.3 is 12.3 Å². The fourth-order valence-electron chi connectivity index (χ4n) is 4.16. The summed E-state index contributed by atoms with van der Waals surface area (Å²) >= 11 is 0. The van der Waals surface area contributed by atoms with Gasteiger partial charge in [-0.1, -0.05) is 12.1 Å². The molecule has 204 valence electrons. The van der Waals surface area contributed by atoms with Crippen molar-refractivity contribution in [3.05, 3.63) is 57.9 Å². The summed E-state index contributed by atoms with van der Waals surface area (Å²) in [4.78, 5) is 28.6. The molecule has 3 aromatic rings. The lowest BCUT2D eigenvalue weighted by molar-refractivity contribution is -0.154. The first kappa shape index (κ1) is 27.1. The smallest absolute Gasteiger partial charge is 0.453 e. The number of nitrogens with zero attached hydrogens (tertiary/aromatic N) is 2. The van der Waals surface area contributed by atoms with Crippen LogP contribution in [0.2, 0.25) is 0 Å². The van der Waals surface area contributed by atoms with Crippen LogP contribution in [0.1, 0.15) is 25.2 Å². The van der Waals surface area contributed by atoms with Crippen molar-refractivity contribution in [3.8, 4) is 23.0 Å². The first-order valence-electron chi connectivity index (χ1n) is 12.1. The minimum absolute atomic E-state index is 0.00649. The highest BCUT2D eigenvalue weighted by Crippen LogP contribution is 2.41. The number of para-hydroxylation sites is 2. The molecule has 9 nitrogen and oxygen atoms in total. The number of phenols is 1. The third-order valence-corrected chi connectivity index (χ3v) is 6.00. The van der Waals surface area contributed by atoms with Crippen molar-refractivity contribution in [2.24, 2.45) is 0 Å². The van der Waals surface area contributed by atoms with Crippen LogP contribution in [0.4, 0.5) is 18.0 Å². The van der Waals surface area contributed by atoms with Crippen molar-refractivity contribution in [1.82, 2.24) is 9.80 Å². The second-order valence-electron chi connectivity index (χ2n) is 8.47. The van der Waals surface area contributed by atoms with Crippen LogP contribution in [0.5, 0.6) is 23.0 Å². The van der Waals surface area contributed by atoms with Gasteiger partial charge in [0.15, 0.2) is 11.5 Å². The number of ether oxygens (including phenoxy) is 3. The molecule has 0 unspecified atom stereocenters. The highest BCUT2D eigenvalue weighted by atomic mass is 19.4. The number of phenolic OH excluding ortho intramolecular Hbond substituents is 1. The summed E-state index contributed by atoms with van der Waals surface area (Å²) < 4.78 is 63.5. The maximum atomic E-state index is 14.1. The zero-order chi connectivity index (χ0) is 27.4. The lowest BCUT2D eigenvalue weighted by Gasteiger charge is -2.34. The summed E-state index contributed by atoms with van der Waals surface area (Å²) in [5.74, 6) is -2.89. The Morgan fingerprint density at radius 1 is 1.03 bits per heavy atom. The van der Waals surface area contributed by atoms with E-state index < -0.39 is 29.2 Å². The van der Waals surface area contributed by atoms with Crippen molar-refractivity contribution >= 4 is 17.1 Å². The van der Waals surface area contributed by atoms with Crippen LogP contribution in [0, 0.1) is 0 Å². The molecule has 1 fully saturated rings. The molecule has 38 heavy (non-hydrogen) atoms. The van der Waals surface area contributed by atoms with Gasteiger partial charge in [0.05, 0.1) is 24.2 Å². The summed E-state index contributed by atoms with van der Waals surface area (Å²) in [6, 6.07) is 8.47. The molecule has 1 saturated heterocycles. The molecule has 0 radical (unpaired) electrons. The Morgan fingerprint density at radius 3 is 2.34 bits per heavy atom. The van der Waals surface area contributed by atoms with Crippen LogP contribution in [0.3, 0.4) is 0 Å². The Kier molecular flexibility index (Phi) is 8.00. The molecule has 0 bridgehead atoms. The van der Waals surface area contributed by atoms with Gasteiger partial charge in [-0.05, 0) is 38.1 Å². The summed E-state index contributed by atoms with van der Waals surface area (Å²) in [7, 11) is 0. The third kappa shape index (κ3) is 5.64. The first-order chi connectivity index (χ1) is 18.1. The molecule has 1 N–H and O–H groups in total. The molecule has 0 saturated carbocycles. The molecule has 12 heteroatoms. The zero-order valence-corrected chi connectivity index (χ0v) is 20.8. The van der Waals surface area contributed by atoms with Gasteiger partial charge in [-0.3, -0.25) is 9.69 Å². The fraction of sp³-hybridized carbons (Fsp3) is 0.385. The Bertz CT molecular complexity index is 1370. The molecule has 0 spiro atoms. The second kappa shape index (κ2) is 11.2. The molecule has 2 aromatic carbocycles. The van der Waals surface area contributed by atoms with Crippen LogP contribution < -0.4 is 14.9 Å². The van der Waals surface area contributed by atoms with Crippen molar-refractivity contribution in [3.63, 3.8) is 0 Å². The summed E-state index contributed by atoms with van der Waals surface area (Å²) in [5.41, 5.74) is -1.41. The van der Waals surface area contributed by atoms with E-state index in [-0.39, 0.29) is 53.5 Å². The van der Waals surface area contributed by atoms with Gasteiger partial charge in [0, 0.05) is 32.7 Å². The number of amides is 1. The van der Waals surface area contributed by atoms with E-state index in [1.54, 1.807) is 19.9 Å². The van der Waals surface area contributed by atoms with Crippen LogP contribution in [-0.2, 0) is 17.5 Å². The Labute approximate surface area is 215 Å². The highest BCUT2D eigenvalue weighted by Gasteiger charge is 2.41. The van der Waals surface area contributed by atoms with Crippen molar-refractivity contribution in [2.75, 3.05) is 39.4 Å². The number of rotatable bonds is 7. The minimum Gasteiger partial charge on any atom is -0.507 e. The van der Waals surface area contributed by atoms with E-state index in [9.17, 15) is 27.9 Å².